The van der Waals surface area contributed by atoms with Gasteiger partial charge in [-0.3, -0.25) is 4.79 Å². The number of hydrogen-bond acceptors (Lipinski definition) is 4. The first kappa shape index (κ1) is 12.8. The first-order valence-corrected chi connectivity index (χ1v) is 6.56. The summed E-state index contributed by atoms with van der Waals surface area (Å²) in [4.78, 5) is 13.9. The van der Waals surface area contributed by atoms with E-state index in [2.05, 4.69) is 0 Å². The number of Topliss-reactive ketones (excluding diaryl/α,β-unsaturated/α-hetero) is 1. The molecule has 0 aliphatic carbocycles. The third kappa shape index (κ3) is 2.08. The lowest BCUT2D eigenvalue weighted by Gasteiger charge is -2.30. The van der Waals surface area contributed by atoms with Gasteiger partial charge in [-0.2, -0.15) is 0 Å². The summed E-state index contributed by atoms with van der Waals surface area (Å²) in [6, 6.07) is 9.98. The Hall–Kier alpha value is -2.20. The van der Waals surface area contributed by atoms with E-state index >= 15 is 0 Å². The quantitative estimate of drug-likeness (QED) is 0.789. The Labute approximate surface area is 120 Å². The number of aromatic hydroxyl groups is 2. The zero-order valence-electron chi connectivity index (χ0n) is 10.5. The Balaban J connectivity index is 2.12. The number of rotatable bonds is 1. The number of benzene rings is 2. The SMILES string of the molecule is O=C1CCN(c2ccc(Cl)cc2)c2cc(O)c(O)cc21. The number of ketones is 1. The molecule has 0 amide bonds. The molecule has 20 heavy (non-hydrogen) atoms. The van der Waals surface area contributed by atoms with Gasteiger partial charge in [0.25, 0.3) is 0 Å². The van der Waals surface area contributed by atoms with Gasteiger partial charge in [-0.15, -0.1) is 0 Å². The molecular weight excluding hydrogens is 278 g/mol. The number of carbonyl (C=O) groups is 1. The number of phenols is 2. The standard InChI is InChI=1S/C15H12ClNO3/c16-9-1-3-10(4-2-9)17-6-5-13(18)11-7-14(19)15(20)8-12(11)17/h1-4,7-8,19-20H,5-6H2. The summed E-state index contributed by atoms with van der Waals surface area (Å²) in [5.41, 5.74) is 1.90. The molecule has 2 aromatic carbocycles. The van der Waals surface area contributed by atoms with E-state index in [0.717, 1.165) is 5.69 Å². The largest absolute Gasteiger partial charge is 0.504 e. The van der Waals surface area contributed by atoms with Gasteiger partial charge < -0.3 is 15.1 Å². The molecule has 2 aromatic rings. The molecular formula is C15H12ClNO3. The molecule has 0 aromatic heterocycles. The van der Waals surface area contributed by atoms with Gasteiger partial charge in [-0.25, -0.2) is 0 Å². The topological polar surface area (TPSA) is 60.8 Å². The lowest BCUT2D eigenvalue weighted by atomic mass is 9.99. The van der Waals surface area contributed by atoms with Crippen LogP contribution in [-0.2, 0) is 0 Å². The van der Waals surface area contributed by atoms with Gasteiger partial charge in [0, 0.05) is 35.3 Å². The highest BCUT2D eigenvalue weighted by Gasteiger charge is 2.25. The average Bonchev–Trinajstić information content (AvgIpc) is 2.43. The molecule has 1 heterocycles. The van der Waals surface area contributed by atoms with E-state index in [9.17, 15) is 15.0 Å². The summed E-state index contributed by atoms with van der Waals surface area (Å²) in [6.07, 6.45) is 0.361. The van der Waals surface area contributed by atoms with E-state index in [1.807, 2.05) is 17.0 Å². The Morgan fingerprint density at radius 2 is 1.70 bits per heavy atom. The normalized spacial score (nSPS) is 14.2. The zero-order chi connectivity index (χ0) is 14.3. The van der Waals surface area contributed by atoms with Gasteiger partial charge in [0.05, 0.1) is 5.69 Å². The Morgan fingerprint density at radius 3 is 2.40 bits per heavy atom. The van der Waals surface area contributed by atoms with Crippen molar-refractivity contribution in [2.24, 2.45) is 0 Å². The molecule has 0 spiro atoms. The van der Waals surface area contributed by atoms with E-state index in [4.69, 9.17) is 11.6 Å². The molecule has 1 aliphatic rings. The minimum Gasteiger partial charge on any atom is -0.504 e. The van der Waals surface area contributed by atoms with E-state index in [-0.39, 0.29) is 17.3 Å². The van der Waals surface area contributed by atoms with Crippen molar-refractivity contribution in [1.29, 1.82) is 0 Å². The maximum absolute atomic E-state index is 11.9. The van der Waals surface area contributed by atoms with E-state index < -0.39 is 0 Å². The maximum Gasteiger partial charge on any atom is 0.166 e. The van der Waals surface area contributed by atoms with Crippen LogP contribution in [0.15, 0.2) is 36.4 Å². The second-order valence-electron chi connectivity index (χ2n) is 4.66. The molecule has 0 saturated carbocycles. The minimum atomic E-state index is -0.282. The lowest BCUT2D eigenvalue weighted by molar-refractivity contribution is 0.0981. The molecule has 4 nitrogen and oxygen atoms in total. The first-order chi connectivity index (χ1) is 9.56. The third-order valence-corrected chi connectivity index (χ3v) is 3.64. The Bertz CT molecular complexity index is 682. The van der Waals surface area contributed by atoms with Crippen LogP contribution in [-0.4, -0.2) is 22.5 Å². The van der Waals surface area contributed by atoms with Crippen LogP contribution in [0.1, 0.15) is 16.8 Å². The molecule has 102 valence electrons. The average molecular weight is 290 g/mol. The van der Waals surface area contributed by atoms with Crippen molar-refractivity contribution in [3.8, 4) is 11.5 Å². The summed E-state index contributed by atoms with van der Waals surface area (Å²) in [7, 11) is 0. The molecule has 1 aliphatic heterocycles. The zero-order valence-corrected chi connectivity index (χ0v) is 11.3. The molecule has 0 atom stereocenters. The predicted octanol–water partition coefficient (Wildman–Crippen LogP) is 3.48. The summed E-state index contributed by atoms with van der Waals surface area (Å²) in [5.74, 6) is -0.562. The summed E-state index contributed by atoms with van der Waals surface area (Å²) in [6.45, 7) is 0.525. The van der Waals surface area contributed by atoms with Crippen LogP contribution in [0.4, 0.5) is 11.4 Å². The van der Waals surface area contributed by atoms with Gasteiger partial charge in [0.15, 0.2) is 17.3 Å². The van der Waals surface area contributed by atoms with E-state index in [1.165, 1.54) is 12.1 Å². The van der Waals surface area contributed by atoms with Crippen molar-refractivity contribution in [3.05, 3.63) is 47.0 Å². The highest BCUT2D eigenvalue weighted by Crippen LogP contribution is 2.39. The molecule has 0 bridgehead atoms. The Kier molecular flexibility index (Phi) is 3.03. The van der Waals surface area contributed by atoms with Gasteiger partial charge in [0.1, 0.15) is 0 Å². The van der Waals surface area contributed by atoms with Gasteiger partial charge in [-0.05, 0) is 30.3 Å². The van der Waals surface area contributed by atoms with Crippen molar-refractivity contribution in [1.82, 2.24) is 0 Å². The number of nitrogens with zero attached hydrogens (tertiary/aromatic N) is 1. The van der Waals surface area contributed by atoms with Gasteiger partial charge in [0.2, 0.25) is 0 Å². The van der Waals surface area contributed by atoms with Crippen molar-refractivity contribution < 1.29 is 15.0 Å². The molecule has 0 radical (unpaired) electrons. The second kappa shape index (κ2) is 4.72. The van der Waals surface area contributed by atoms with E-state index in [1.54, 1.807) is 12.1 Å². The fraction of sp³-hybridized carbons (Fsp3) is 0.133. The number of halogens is 1. The summed E-state index contributed by atoms with van der Waals surface area (Å²) in [5, 5.41) is 19.8. The van der Waals surface area contributed by atoms with Crippen molar-refractivity contribution in [2.45, 2.75) is 6.42 Å². The minimum absolute atomic E-state index is 0.0412. The van der Waals surface area contributed by atoms with Crippen LogP contribution < -0.4 is 4.90 Å². The van der Waals surface area contributed by atoms with Gasteiger partial charge in [-0.1, -0.05) is 11.6 Å². The monoisotopic (exact) mass is 289 g/mol. The van der Waals surface area contributed by atoms with E-state index in [0.29, 0.717) is 29.2 Å². The van der Waals surface area contributed by atoms with Crippen molar-refractivity contribution in [3.63, 3.8) is 0 Å². The molecule has 2 N–H and O–H groups in total. The molecule has 0 unspecified atom stereocenters. The number of hydrogen-bond donors (Lipinski definition) is 2. The van der Waals surface area contributed by atoms with Crippen LogP contribution in [0.3, 0.4) is 0 Å². The molecule has 5 heteroatoms. The Morgan fingerprint density at radius 1 is 1.05 bits per heavy atom. The van der Waals surface area contributed by atoms with Crippen LogP contribution >= 0.6 is 11.6 Å². The fourth-order valence-electron chi connectivity index (χ4n) is 2.37. The van der Waals surface area contributed by atoms with Crippen LogP contribution in [0.25, 0.3) is 0 Å². The summed E-state index contributed by atoms with van der Waals surface area (Å²) >= 11 is 5.87. The van der Waals surface area contributed by atoms with Crippen molar-refractivity contribution >= 4 is 28.8 Å². The molecule has 3 rings (SSSR count). The number of anilines is 2. The van der Waals surface area contributed by atoms with Gasteiger partial charge >= 0.3 is 0 Å². The second-order valence-corrected chi connectivity index (χ2v) is 5.10. The number of phenolic OH excluding ortho intramolecular Hbond substituents is 2. The summed E-state index contributed by atoms with van der Waals surface area (Å²) < 4.78 is 0. The highest BCUT2D eigenvalue weighted by atomic mass is 35.5. The fourth-order valence-corrected chi connectivity index (χ4v) is 2.50. The first-order valence-electron chi connectivity index (χ1n) is 6.18. The molecule has 0 saturated heterocycles. The van der Waals surface area contributed by atoms with Crippen molar-refractivity contribution in [2.75, 3.05) is 11.4 Å². The number of carbonyl (C=O) groups excluding carboxylic acids is 1. The molecule has 0 fully saturated rings. The predicted molar refractivity (Wildman–Crippen MR) is 77.2 cm³/mol. The van der Waals surface area contributed by atoms with Crippen LogP contribution in [0.2, 0.25) is 5.02 Å². The maximum atomic E-state index is 11.9. The number of fused-ring (bicyclic) bond motifs is 1. The highest BCUT2D eigenvalue weighted by molar-refractivity contribution is 6.30. The van der Waals surface area contributed by atoms with Crippen LogP contribution in [0.5, 0.6) is 11.5 Å². The lowest BCUT2D eigenvalue weighted by Crippen LogP contribution is -2.27. The smallest absolute Gasteiger partial charge is 0.166 e. The van der Waals surface area contributed by atoms with Crippen LogP contribution in [0, 0.1) is 0 Å². The third-order valence-electron chi connectivity index (χ3n) is 3.38.